The molecule has 1 aromatic rings. The third-order valence-corrected chi connectivity index (χ3v) is 3.09. The van der Waals surface area contributed by atoms with Gasteiger partial charge in [0.25, 0.3) is 0 Å². The minimum Gasteiger partial charge on any atom is -0.466 e. The molecule has 1 aliphatic heterocycles. The zero-order chi connectivity index (χ0) is 15.2. The highest BCUT2D eigenvalue weighted by Gasteiger charge is 2.27. The van der Waals surface area contributed by atoms with Crippen LogP contribution in [0, 0.1) is 0 Å². The van der Waals surface area contributed by atoms with E-state index in [0.717, 1.165) is 5.56 Å². The highest BCUT2D eigenvalue weighted by molar-refractivity contribution is 5.98. The molecule has 1 N–H and O–H groups in total. The lowest BCUT2D eigenvalue weighted by Gasteiger charge is -2.24. The van der Waals surface area contributed by atoms with Gasteiger partial charge in [0, 0.05) is 6.20 Å². The van der Waals surface area contributed by atoms with Gasteiger partial charge < -0.3 is 14.8 Å². The zero-order valence-electron chi connectivity index (χ0n) is 12.0. The van der Waals surface area contributed by atoms with E-state index in [0.29, 0.717) is 11.1 Å². The lowest BCUT2D eigenvalue weighted by atomic mass is 9.94. The van der Waals surface area contributed by atoms with Gasteiger partial charge in [0.05, 0.1) is 30.9 Å². The van der Waals surface area contributed by atoms with Gasteiger partial charge in [0.2, 0.25) is 0 Å². The van der Waals surface area contributed by atoms with Gasteiger partial charge in [-0.15, -0.1) is 0 Å². The lowest BCUT2D eigenvalue weighted by molar-refractivity contribution is -0.138. The van der Waals surface area contributed by atoms with Gasteiger partial charge in [-0.2, -0.15) is 0 Å². The van der Waals surface area contributed by atoms with Crippen LogP contribution < -0.4 is 5.32 Å². The summed E-state index contributed by atoms with van der Waals surface area (Å²) in [4.78, 5) is 23.7. The molecule has 0 aliphatic carbocycles. The van der Waals surface area contributed by atoms with Gasteiger partial charge in [-0.05, 0) is 18.6 Å². The van der Waals surface area contributed by atoms with Gasteiger partial charge in [0.15, 0.2) is 0 Å². The molecular formula is C16H17NO4. The van der Waals surface area contributed by atoms with Crippen LogP contribution in [0.1, 0.15) is 18.5 Å². The molecule has 0 aromatic heterocycles. The Morgan fingerprint density at radius 1 is 1.19 bits per heavy atom. The zero-order valence-corrected chi connectivity index (χ0v) is 12.0. The van der Waals surface area contributed by atoms with Crippen LogP contribution in [0.2, 0.25) is 0 Å². The van der Waals surface area contributed by atoms with Crippen molar-refractivity contribution in [3.63, 3.8) is 0 Å². The first kappa shape index (κ1) is 14.8. The van der Waals surface area contributed by atoms with Crippen LogP contribution in [0.15, 0.2) is 53.8 Å². The smallest absolute Gasteiger partial charge is 0.339 e. The predicted molar refractivity (Wildman–Crippen MR) is 77.1 cm³/mol. The van der Waals surface area contributed by atoms with Crippen LogP contribution >= 0.6 is 0 Å². The highest BCUT2D eigenvalue weighted by Crippen LogP contribution is 2.27. The number of hydrogen-bond acceptors (Lipinski definition) is 5. The molecule has 1 aromatic carbocycles. The summed E-state index contributed by atoms with van der Waals surface area (Å²) in [6.07, 6.45) is 3.07. The van der Waals surface area contributed by atoms with Crippen molar-refractivity contribution in [3.05, 3.63) is 59.3 Å². The number of hydrogen-bond donors (Lipinski definition) is 1. The second kappa shape index (κ2) is 6.74. The SMILES string of the molecule is CCOC(=O)C1=CNC(c2ccccc2)C(C(=O)OC)=C1. The van der Waals surface area contributed by atoms with Crippen LogP contribution in [-0.2, 0) is 19.1 Å². The Hall–Kier alpha value is -2.56. The van der Waals surface area contributed by atoms with Crippen molar-refractivity contribution in [1.29, 1.82) is 0 Å². The molecule has 110 valence electrons. The van der Waals surface area contributed by atoms with Crippen molar-refractivity contribution >= 4 is 11.9 Å². The summed E-state index contributed by atoms with van der Waals surface area (Å²) in [6.45, 7) is 2.01. The van der Waals surface area contributed by atoms with E-state index in [1.807, 2.05) is 30.3 Å². The highest BCUT2D eigenvalue weighted by atomic mass is 16.5. The minimum atomic E-state index is -0.480. The Bertz CT molecular complexity index is 590. The third kappa shape index (κ3) is 3.31. The predicted octanol–water partition coefficient (Wildman–Crippen LogP) is 1.88. The molecule has 1 unspecified atom stereocenters. The molecule has 21 heavy (non-hydrogen) atoms. The summed E-state index contributed by atoms with van der Waals surface area (Å²) in [5, 5.41) is 3.06. The third-order valence-electron chi connectivity index (χ3n) is 3.09. The molecule has 1 atom stereocenters. The first-order valence-electron chi connectivity index (χ1n) is 6.65. The minimum absolute atomic E-state index is 0.277. The first-order valence-corrected chi connectivity index (χ1v) is 6.65. The van der Waals surface area contributed by atoms with Gasteiger partial charge in [-0.3, -0.25) is 0 Å². The standard InChI is InChI=1S/C16H17NO4/c1-3-21-15(18)12-9-13(16(19)20-2)14(17-10-12)11-7-5-4-6-8-11/h4-10,14,17H,3H2,1-2H3. The van der Waals surface area contributed by atoms with E-state index in [1.165, 1.54) is 13.2 Å². The Morgan fingerprint density at radius 3 is 2.52 bits per heavy atom. The number of dihydropyridines is 1. The fraction of sp³-hybridized carbons (Fsp3) is 0.250. The molecule has 0 fully saturated rings. The van der Waals surface area contributed by atoms with Crippen molar-refractivity contribution in [2.45, 2.75) is 13.0 Å². The number of esters is 2. The molecule has 0 spiro atoms. The van der Waals surface area contributed by atoms with Crippen LogP contribution in [0.25, 0.3) is 0 Å². The summed E-state index contributed by atoms with van der Waals surface area (Å²) in [7, 11) is 1.31. The summed E-state index contributed by atoms with van der Waals surface area (Å²) >= 11 is 0. The van der Waals surface area contributed by atoms with Crippen LogP contribution in [0.3, 0.4) is 0 Å². The van der Waals surface area contributed by atoms with Gasteiger partial charge in [-0.1, -0.05) is 30.3 Å². The van der Waals surface area contributed by atoms with Crippen molar-refractivity contribution in [2.24, 2.45) is 0 Å². The summed E-state index contributed by atoms with van der Waals surface area (Å²) in [5.41, 5.74) is 1.58. The maximum Gasteiger partial charge on any atom is 0.339 e. The number of nitrogens with one attached hydrogen (secondary N) is 1. The van der Waals surface area contributed by atoms with E-state index >= 15 is 0 Å². The van der Waals surface area contributed by atoms with Crippen molar-refractivity contribution in [1.82, 2.24) is 5.32 Å². The monoisotopic (exact) mass is 287 g/mol. The van der Waals surface area contributed by atoms with E-state index in [-0.39, 0.29) is 12.6 Å². The maximum absolute atomic E-state index is 12.0. The Labute approximate surface area is 123 Å². The maximum atomic E-state index is 12.0. The van der Waals surface area contributed by atoms with E-state index in [2.05, 4.69) is 5.32 Å². The molecule has 0 radical (unpaired) electrons. The number of benzene rings is 1. The topological polar surface area (TPSA) is 64.6 Å². The molecule has 0 saturated heterocycles. The Balaban J connectivity index is 2.33. The molecule has 1 heterocycles. The number of ether oxygens (including phenoxy) is 2. The second-order valence-corrected chi connectivity index (χ2v) is 4.42. The number of carbonyl (C=O) groups is 2. The number of methoxy groups -OCH3 is 1. The van der Waals surface area contributed by atoms with Crippen LogP contribution in [0.4, 0.5) is 0 Å². The quantitative estimate of drug-likeness (QED) is 0.857. The molecule has 5 nitrogen and oxygen atoms in total. The summed E-state index contributed by atoms with van der Waals surface area (Å²) in [6, 6.07) is 9.12. The van der Waals surface area contributed by atoms with E-state index in [9.17, 15) is 9.59 Å². The van der Waals surface area contributed by atoms with E-state index < -0.39 is 11.9 Å². The molecular weight excluding hydrogens is 270 g/mol. The van der Waals surface area contributed by atoms with E-state index in [1.54, 1.807) is 13.1 Å². The average molecular weight is 287 g/mol. The Morgan fingerprint density at radius 2 is 1.90 bits per heavy atom. The summed E-state index contributed by atoms with van der Waals surface area (Å²) < 4.78 is 9.74. The van der Waals surface area contributed by atoms with Crippen molar-refractivity contribution in [2.75, 3.05) is 13.7 Å². The molecule has 0 amide bonds. The number of carbonyl (C=O) groups excluding carboxylic acids is 2. The van der Waals surface area contributed by atoms with Crippen molar-refractivity contribution < 1.29 is 19.1 Å². The first-order chi connectivity index (χ1) is 10.2. The molecule has 5 heteroatoms. The lowest BCUT2D eigenvalue weighted by Crippen LogP contribution is -2.28. The van der Waals surface area contributed by atoms with E-state index in [4.69, 9.17) is 9.47 Å². The van der Waals surface area contributed by atoms with Crippen LogP contribution in [-0.4, -0.2) is 25.7 Å². The second-order valence-electron chi connectivity index (χ2n) is 4.42. The normalized spacial score (nSPS) is 17.1. The van der Waals surface area contributed by atoms with Gasteiger partial charge >= 0.3 is 11.9 Å². The molecule has 1 aliphatic rings. The van der Waals surface area contributed by atoms with Gasteiger partial charge in [-0.25, -0.2) is 9.59 Å². The Kier molecular flexibility index (Phi) is 4.77. The summed E-state index contributed by atoms with van der Waals surface area (Å²) in [5.74, 6) is -0.954. The van der Waals surface area contributed by atoms with Crippen LogP contribution in [0.5, 0.6) is 0 Å². The molecule has 2 rings (SSSR count). The van der Waals surface area contributed by atoms with Gasteiger partial charge in [0.1, 0.15) is 0 Å². The fourth-order valence-electron chi connectivity index (χ4n) is 2.10. The average Bonchev–Trinajstić information content (AvgIpc) is 2.54. The van der Waals surface area contributed by atoms with Crippen molar-refractivity contribution in [3.8, 4) is 0 Å². The fourth-order valence-corrected chi connectivity index (χ4v) is 2.10. The molecule has 0 bridgehead atoms. The molecule has 0 saturated carbocycles. The largest absolute Gasteiger partial charge is 0.466 e. The number of rotatable bonds is 4.